The lowest BCUT2D eigenvalue weighted by Crippen LogP contribution is -2.19. The smallest absolute Gasteiger partial charge is 0.338 e. The van der Waals surface area contributed by atoms with Crippen LogP contribution in [0.1, 0.15) is 17.3 Å². The van der Waals surface area contributed by atoms with E-state index >= 15 is 0 Å². The molecule has 1 aromatic rings. The second kappa shape index (κ2) is 6.10. The van der Waals surface area contributed by atoms with Gasteiger partial charge in [0, 0.05) is 7.11 Å². The molecule has 0 aliphatic carbocycles. The Morgan fingerprint density at radius 3 is 2.65 bits per heavy atom. The quantitative estimate of drug-likeness (QED) is 0.622. The molecule has 0 saturated carbocycles. The first-order valence-corrected chi connectivity index (χ1v) is 5.22. The van der Waals surface area contributed by atoms with Gasteiger partial charge in [-0.3, -0.25) is 0 Å². The van der Waals surface area contributed by atoms with Crippen LogP contribution in [-0.2, 0) is 9.47 Å². The normalized spacial score (nSPS) is 11.9. The van der Waals surface area contributed by atoms with Gasteiger partial charge in [-0.15, -0.1) is 0 Å². The lowest BCUT2D eigenvalue weighted by molar-refractivity contribution is 0.0120. The minimum Gasteiger partial charge on any atom is -0.495 e. The van der Waals surface area contributed by atoms with Crippen LogP contribution < -0.4 is 10.5 Å². The van der Waals surface area contributed by atoms with Crippen molar-refractivity contribution in [2.45, 2.75) is 13.0 Å². The largest absolute Gasteiger partial charge is 0.495 e. The maximum atomic E-state index is 11.7. The Morgan fingerprint density at radius 1 is 1.41 bits per heavy atom. The number of anilines is 1. The lowest BCUT2D eigenvalue weighted by atomic mass is 10.2. The second-order valence-corrected chi connectivity index (χ2v) is 3.63. The highest BCUT2D eigenvalue weighted by atomic mass is 16.6. The van der Waals surface area contributed by atoms with Crippen molar-refractivity contribution in [3.8, 4) is 5.75 Å². The standard InChI is InChI=1S/C12H17NO4/c1-8(7-15-2)17-12(14)9-4-5-11(16-3)10(13)6-9/h4-6,8H,7,13H2,1-3H3/t8-/m1/s1. The first-order chi connectivity index (χ1) is 8.08. The first-order valence-electron chi connectivity index (χ1n) is 5.22. The van der Waals surface area contributed by atoms with E-state index in [9.17, 15) is 4.79 Å². The van der Waals surface area contributed by atoms with Crippen molar-refractivity contribution >= 4 is 11.7 Å². The summed E-state index contributed by atoms with van der Waals surface area (Å²) < 4.78 is 15.0. The molecule has 0 aliphatic heterocycles. The summed E-state index contributed by atoms with van der Waals surface area (Å²) in [4.78, 5) is 11.7. The second-order valence-electron chi connectivity index (χ2n) is 3.63. The number of hydrogen-bond acceptors (Lipinski definition) is 5. The van der Waals surface area contributed by atoms with Crippen LogP contribution >= 0.6 is 0 Å². The maximum absolute atomic E-state index is 11.7. The molecule has 94 valence electrons. The van der Waals surface area contributed by atoms with E-state index < -0.39 is 5.97 Å². The van der Waals surface area contributed by atoms with E-state index in [-0.39, 0.29) is 6.10 Å². The van der Waals surface area contributed by atoms with Crippen LogP contribution in [-0.4, -0.2) is 32.9 Å². The summed E-state index contributed by atoms with van der Waals surface area (Å²) in [7, 11) is 3.07. The number of ether oxygens (including phenoxy) is 3. The highest BCUT2D eigenvalue weighted by Crippen LogP contribution is 2.22. The SMILES string of the molecule is COC[C@@H](C)OC(=O)c1ccc(OC)c(N)c1. The van der Waals surface area contributed by atoms with Crippen molar-refractivity contribution in [3.63, 3.8) is 0 Å². The fourth-order valence-electron chi connectivity index (χ4n) is 1.38. The van der Waals surface area contributed by atoms with Gasteiger partial charge in [-0.05, 0) is 25.1 Å². The molecule has 0 spiro atoms. The third-order valence-corrected chi connectivity index (χ3v) is 2.18. The van der Waals surface area contributed by atoms with Crippen LogP contribution in [0, 0.1) is 0 Å². The molecule has 1 aromatic carbocycles. The molecule has 1 rings (SSSR count). The van der Waals surface area contributed by atoms with Gasteiger partial charge in [0.25, 0.3) is 0 Å². The number of carbonyl (C=O) groups excluding carboxylic acids is 1. The number of benzene rings is 1. The number of esters is 1. The molecule has 2 N–H and O–H groups in total. The van der Waals surface area contributed by atoms with Crippen molar-refractivity contribution in [2.75, 3.05) is 26.6 Å². The van der Waals surface area contributed by atoms with Gasteiger partial charge in [0.05, 0.1) is 25.0 Å². The maximum Gasteiger partial charge on any atom is 0.338 e. The lowest BCUT2D eigenvalue weighted by Gasteiger charge is -2.12. The van der Waals surface area contributed by atoms with Gasteiger partial charge in [-0.25, -0.2) is 4.79 Å². The Balaban J connectivity index is 2.72. The fraction of sp³-hybridized carbons (Fsp3) is 0.417. The number of carbonyl (C=O) groups is 1. The Labute approximate surface area is 100 Å². The Hall–Kier alpha value is -1.75. The zero-order valence-corrected chi connectivity index (χ0v) is 10.2. The molecule has 0 unspecified atom stereocenters. The van der Waals surface area contributed by atoms with Crippen molar-refractivity contribution in [3.05, 3.63) is 23.8 Å². The molecule has 0 fully saturated rings. The molecule has 1 atom stereocenters. The predicted molar refractivity (Wildman–Crippen MR) is 64.2 cm³/mol. The third-order valence-electron chi connectivity index (χ3n) is 2.18. The number of hydrogen-bond donors (Lipinski definition) is 1. The highest BCUT2D eigenvalue weighted by molar-refractivity contribution is 5.91. The van der Waals surface area contributed by atoms with E-state index in [4.69, 9.17) is 19.9 Å². The molecule has 0 aliphatic rings. The van der Waals surface area contributed by atoms with Gasteiger partial charge >= 0.3 is 5.97 Å². The number of rotatable bonds is 5. The van der Waals surface area contributed by atoms with Crippen LogP contribution in [0.5, 0.6) is 5.75 Å². The summed E-state index contributed by atoms with van der Waals surface area (Å²) in [5, 5.41) is 0. The van der Waals surface area contributed by atoms with E-state index in [0.29, 0.717) is 23.6 Å². The topological polar surface area (TPSA) is 70.8 Å². The fourth-order valence-corrected chi connectivity index (χ4v) is 1.38. The Bertz CT molecular complexity index is 392. The molecule has 0 aromatic heterocycles. The van der Waals surface area contributed by atoms with Crippen LogP contribution in [0.25, 0.3) is 0 Å². The van der Waals surface area contributed by atoms with Crippen LogP contribution in [0.15, 0.2) is 18.2 Å². The molecule has 17 heavy (non-hydrogen) atoms. The molecule has 0 radical (unpaired) electrons. The van der Waals surface area contributed by atoms with E-state index in [1.54, 1.807) is 26.2 Å². The third kappa shape index (κ3) is 3.64. The summed E-state index contributed by atoms with van der Waals surface area (Å²) in [6.45, 7) is 2.12. The average Bonchev–Trinajstić information content (AvgIpc) is 2.29. The monoisotopic (exact) mass is 239 g/mol. The van der Waals surface area contributed by atoms with Crippen molar-refractivity contribution in [1.29, 1.82) is 0 Å². The van der Waals surface area contributed by atoms with Crippen LogP contribution in [0.3, 0.4) is 0 Å². The summed E-state index contributed by atoms with van der Waals surface area (Å²) in [6.07, 6.45) is -0.296. The van der Waals surface area contributed by atoms with Crippen molar-refractivity contribution in [1.82, 2.24) is 0 Å². The summed E-state index contributed by atoms with van der Waals surface area (Å²) in [6, 6.07) is 4.77. The average molecular weight is 239 g/mol. The van der Waals surface area contributed by atoms with Gasteiger partial charge in [0.2, 0.25) is 0 Å². The predicted octanol–water partition coefficient (Wildman–Crippen LogP) is 1.47. The zero-order chi connectivity index (χ0) is 12.8. The number of nitrogen functional groups attached to an aromatic ring is 1. The van der Waals surface area contributed by atoms with Gasteiger partial charge in [0.1, 0.15) is 11.9 Å². The molecule has 0 heterocycles. The van der Waals surface area contributed by atoms with Gasteiger partial charge < -0.3 is 19.9 Å². The van der Waals surface area contributed by atoms with E-state index in [0.717, 1.165) is 0 Å². The zero-order valence-electron chi connectivity index (χ0n) is 10.2. The molecule has 0 bridgehead atoms. The van der Waals surface area contributed by atoms with Gasteiger partial charge in [0.15, 0.2) is 0 Å². The van der Waals surface area contributed by atoms with Crippen LogP contribution in [0.4, 0.5) is 5.69 Å². The minimum absolute atomic E-state index is 0.296. The molecule has 5 heteroatoms. The van der Waals surface area contributed by atoms with Gasteiger partial charge in [-0.2, -0.15) is 0 Å². The number of methoxy groups -OCH3 is 2. The van der Waals surface area contributed by atoms with Crippen LogP contribution in [0.2, 0.25) is 0 Å². The van der Waals surface area contributed by atoms with Crippen molar-refractivity contribution in [2.24, 2.45) is 0 Å². The van der Waals surface area contributed by atoms with E-state index in [1.165, 1.54) is 13.2 Å². The first kappa shape index (κ1) is 13.3. The summed E-state index contributed by atoms with van der Waals surface area (Å²) in [5.41, 5.74) is 6.50. The number of nitrogens with two attached hydrogens (primary N) is 1. The van der Waals surface area contributed by atoms with Gasteiger partial charge in [-0.1, -0.05) is 0 Å². The molecule has 0 saturated heterocycles. The van der Waals surface area contributed by atoms with E-state index in [1.807, 2.05) is 0 Å². The van der Waals surface area contributed by atoms with E-state index in [2.05, 4.69) is 0 Å². The summed E-state index contributed by atoms with van der Waals surface area (Å²) in [5.74, 6) is 0.107. The summed E-state index contributed by atoms with van der Waals surface area (Å²) >= 11 is 0. The Morgan fingerprint density at radius 2 is 2.12 bits per heavy atom. The Kier molecular flexibility index (Phi) is 4.78. The molecular weight excluding hydrogens is 222 g/mol. The molecule has 5 nitrogen and oxygen atoms in total. The van der Waals surface area contributed by atoms with Crippen molar-refractivity contribution < 1.29 is 19.0 Å². The highest BCUT2D eigenvalue weighted by Gasteiger charge is 2.13. The minimum atomic E-state index is -0.427. The molecular formula is C12H17NO4. The molecule has 0 amide bonds.